The highest BCUT2D eigenvalue weighted by Crippen LogP contribution is 2.46. The number of rotatable bonds is 7. The van der Waals surface area contributed by atoms with Crippen molar-refractivity contribution < 1.29 is 22.9 Å². The summed E-state index contributed by atoms with van der Waals surface area (Å²) in [6.07, 6.45) is -0.693. The number of nitro groups is 1. The number of hydrogen-bond donors (Lipinski definition) is 1. The number of thioether (sulfide) groups is 1. The second kappa shape index (κ2) is 7.56. The van der Waals surface area contributed by atoms with Crippen molar-refractivity contribution in [2.75, 3.05) is 5.32 Å². The molecule has 2 aliphatic carbocycles. The number of carbonyl (C=O) groups excluding carboxylic acids is 1. The van der Waals surface area contributed by atoms with Crippen LogP contribution in [0.1, 0.15) is 56.0 Å². The van der Waals surface area contributed by atoms with Crippen LogP contribution in [0.25, 0.3) is 0 Å². The van der Waals surface area contributed by atoms with Gasteiger partial charge >= 0.3 is 6.18 Å². The number of alkyl halides is 3. The molecule has 1 unspecified atom stereocenters. The molecule has 0 spiro atoms. The minimum atomic E-state index is -4.85. The largest absolute Gasteiger partial charge is 0.418 e. The van der Waals surface area contributed by atoms with Gasteiger partial charge in [-0.1, -0.05) is 11.8 Å². The Labute approximate surface area is 173 Å². The summed E-state index contributed by atoms with van der Waals surface area (Å²) in [5.74, 6) is 0.658. The Kier molecular flexibility index (Phi) is 5.20. The van der Waals surface area contributed by atoms with Crippen LogP contribution in [0.4, 0.5) is 24.5 Å². The van der Waals surface area contributed by atoms with E-state index >= 15 is 0 Å². The zero-order valence-corrected chi connectivity index (χ0v) is 16.7. The molecule has 2 fully saturated rings. The molecule has 1 N–H and O–H groups in total. The fourth-order valence-corrected chi connectivity index (χ4v) is 4.03. The summed E-state index contributed by atoms with van der Waals surface area (Å²) in [6, 6.07) is 2.56. The summed E-state index contributed by atoms with van der Waals surface area (Å²) in [6.45, 7) is 1.57. The maximum absolute atomic E-state index is 13.3. The van der Waals surface area contributed by atoms with Gasteiger partial charge in [0.15, 0.2) is 5.16 Å². The highest BCUT2D eigenvalue weighted by molar-refractivity contribution is 8.00. The van der Waals surface area contributed by atoms with Crippen LogP contribution in [0.3, 0.4) is 0 Å². The first-order valence-electron chi connectivity index (χ1n) is 9.43. The third-order valence-corrected chi connectivity index (χ3v) is 6.03. The molecule has 30 heavy (non-hydrogen) atoms. The molecule has 8 nitrogen and oxygen atoms in total. The summed E-state index contributed by atoms with van der Waals surface area (Å²) < 4.78 is 42.0. The van der Waals surface area contributed by atoms with Crippen molar-refractivity contribution in [2.45, 2.75) is 61.1 Å². The predicted molar refractivity (Wildman–Crippen MR) is 102 cm³/mol. The van der Waals surface area contributed by atoms with Crippen LogP contribution >= 0.6 is 11.8 Å². The van der Waals surface area contributed by atoms with Gasteiger partial charge in [-0.05, 0) is 38.7 Å². The van der Waals surface area contributed by atoms with Crippen molar-refractivity contribution >= 4 is 29.0 Å². The summed E-state index contributed by atoms with van der Waals surface area (Å²) in [5, 5.41) is 21.4. The van der Waals surface area contributed by atoms with Crippen LogP contribution in [-0.2, 0) is 11.0 Å². The molecule has 0 radical (unpaired) electrons. The molecule has 12 heteroatoms. The minimum absolute atomic E-state index is 0.319. The minimum Gasteiger partial charge on any atom is -0.325 e. The zero-order chi connectivity index (χ0) is 21.6. The fraction of sp³-hybridized carbons (Fsp3) is 0.500. The number of hydrogen-bond acceptors (Lipinski definition) is 6. The Morgan fingerprint density at radius 2 is 2.00 bits per heavy atom. The van der Waals surface area contributed by atoms with Gasteiger partial charge in [0.1, 0.15) is 5.82 Å². The van der Waals surface area contributed by atoms with Crippen molar-refractivity contribution in [2.24, 2.45) is 0 Å². The van der Waals surface area contributed by atoms with Crippen molar-refractivity contribution in [1.82, 2.24) is 14.8 Å². The molecule has 4 rings (SSSR count). The third-order valence-electron chi connectivity index (χ3n) is 4.97. The molecule has 0 aliphatic heterocycles. The number of benzene rings is 1. The van der Waals surface area contributed by atoms with E-state index in [0.717, 1.165) is 55.4 Å². The molecular formula is C18H18F3N5O3S. The smallest absolute Gasteiger partial charge is 0.325 e. The molecule has 1 aromatic carbocycles. The Bertz CT molecular complexity index is 1000. The summed E-state index contributed by atoms with van der Waals surface area (Å²) in [7, 11) is 0. The lowest BCUT2D eigenvalue weighted by Crippen LogP contribution is -2.24. The van der Waals surface area contributed by atoms with Gasteiger partial charge in [-0.25, -0.2) is 0 Å². The maximum Gasteiger partial charge on any atom is 0.418 e. The monoisotopic (exact) mass is 441 g/mol. The van der Waals surface area contributed by atoms with E-state index in [0.29, 0.717) is 23.2 Å². The summed E-state index contributed by atoms with van der Waals surface area (Å²) in [4.78, 5) is 22.5. The number of nitro benzene ring substituents is 1. The Hall–Kier alpha value is -2.63. The molecule has 0 bridgehead atoms. The number of anilines is 1. The average molecular weight is 441 g/mol. The number of nitrogens with zero attached hydrogens (tertiary/aromatic N) is 4. The van der Waals surface area contributed by atoms with Crippen LogP contribution < -0.4 is 5.32 Å². The van der Waals surface area contributed by atoms with Gasteiger partial charge in [-0.15, -0.1) is 10.2 Å². The Balaban J connectivity index is 1.51. The van der Waals surface area contributed by atoms with Gasteiger partial charge in [0.2, 0.25) is 5.91 Å². The SMILES string of the molecule is CC(Sc1nnc(C2CC2)n1C1CC1)C(=O)Nc1ccc([N+](=O)[O-])cc1C(F)(F)F. The predicted octanol–water partition coefficient (Wildman–Crippen LogP) is 4.54. The number of non-ortho nitro benzene ring substituents is 1. The van der Waals surface area contributed by atoms with Crippen molar-refractivity contribution in [1.29, 1.82) is 0 Å². The molecule has 1 amide bonds. The number of halogens is 3. The molecule has 0 saturated heterocycles. The van der Waals surface area contributed by atoms with E-state index < -0.39 is 39.2 Å². The lowest BCUT2D eigenvalue weighted by molar-refractivity contribution is -0.385. The summed E-state index contributed by atoms with van der Waals surface area (Å²) in [5.41, 5.74) is -2.49. The lowest BCUT2D eigenvalue weighted by Gasteiger charge is -2.16. The second-order valence-electron chi connectivity index (χ2n) is 7.45. The van der Waals surface area contributed by atoms with Crippen molar-refractivity contribution in [3.05, 3.63) is 39.7 Å². The van der Waals surface area contributed by atoms with E-state index in [1.54, 1.807) is 6.92 Å². The first-order valence-corrected chi connectivity index (χ1v) is 10.3. The van der Waals surface area contributed by atoms with Gasteiger partial charge in [0.05, 0.1) is 21.4 Å². The number of amides is 1. The Morgan fingerprint density at radius 1 is 1.30 bits per heavy atom. The second-order valence-corrected chi connectivity index (χ2v) is 8.76. The highest BCUT2D eigenvalue weighted by atomic mass is 32.2. The van der Waals surface area contributed by atoms with E-state index in [2.05, 4.69) is 20.1 Å². The fourth-order valence-electron chi connectivity index (χ4n) is 3.10. The number of carbonyl (C=O) groups is 1. The van der Waals surface area contributed by atoms with Crippen LogP contribution in [-0.4, -0.2) is 30.8 Å². The normalized spacial score (nSPS) is 17.6. The van der Waals surface area contributed by atoms with Gasteiger partial charge in [-0.3, -0.25) is 14.9 Å². The molecule has 1 atom stereocenters. The van der Waals surface area contributed by atoms with Gasteiger partial charge in [0.25, 0.3) is 5.69 Å². The highest BCUT2D eigenvalue weighted by Gasteiger charge is 2.38. The molecule has 2 aliphatic rings. The number of aromatic nitrogens is 3. The van der Waals surface area contributed by atoms with E-state index in [-0.39, 0.29) is 0 Å². The third kappa shape index (κ3) is 4.27. The maximum atomic E-state index is 13.3. The van der Waals surface area contributed by atoms with Crippen LogP contribution in [0.15, 0.2) is 23.4 Å². The van der Waals surface area contributed by atoms with E-state index in [4.69, 9.17) is 0 Å². The topological polar surface area (TPSA) is 103 Å². The quantitative estimate of drug-likeness (QED) is 0.385. The molecular weight excluding hydrogens is 423 g/mol. The van der Waals surface area contributed by atoms with Crippen molar-refractivity contribution in [3.63, 3.8) is 0 Å². The number of nitrogens with one attached hydrogen (secondary N) is 1. The van der Waals surface area contributed by atoms with Crippen LogP contribution in [0.2, 0.25) is 0 Å². The lowest BCUT2D eigenvalue weighted by atomic mass is 10.1. The molecule has 1 aromatic heterocycles. The molecule has 2 saturated carbocycles. The Morgan fingerprint density at radius 3 is 2.57 bits per heavy atom. The van der Waals surface area contributed by atoms with E-state index in [9.17, 15) is 28.1 Å². The van der Waals surface area contributed by atoms with Crippen LogP contribution in [0.5, 0.6) is 0 Å². The first kappa shape index (κ1) is 20.6. The average Bonchev–Trinajstić information content (AvgIpc) is 3.60. The van der Waals surface area contributed by atoms with Gasteiger partial charge < -0.3 is 9.88 Å². The van der Waals surface area contributed by atoms with E-state index in [1.165, 1.54) is 0 Å². The van der Waals surface area contributed by atoms with Crippen LogP contribution in [0, 0.1) is 10.1 Å². The van der Waals surface area contributed by atoms with E-state index in [1.807, 2.05) is 0 Å². The molecule has 2 aromatic rings. The molecule has 160 valence electrons. The van der Waals surface area contributed by atoms with Gasteiger partial charge in [0, 0.05) is 24.1 Å². The van der Waals surface area contributed by atoms with Gasteiger partial charge in [-0.2, -0.15) is 13.2 Å². The molecule has 1 heterocycles. The first-order chi connectivity index (χ1) is 14.1. The van der Waals surface area contributed by atoms with Crippen molar-refractivity contribution in [3.8, 4) is 0 Å². The zero-order valence-electron chi connectivity index (χ0n) is 15.8. The standard InChI is InChI=1S/C18H18F3N5O3S/c1-9(30-17-24-23-15(10-2-3-10)25(17)11-4-5-11)16(27)22-14-7-6-12(26(28)29)8-13(14)18(19,20)21/h6-11H,2-5H2,1H3,(H,22,27). The summed E-state index contributed by atoms with van der Waals surface area (Å²) >= 11 is 1.14.